The molecule has 2 rings (SSSR count). The van der Waals surface area contributed by atoms with Crippen LogP contribution in [0.3, 0.4) is 0 Å². The van der Waals surface area contributed by atoms with Crippen LogP contribution in [0.25, 0.3) is 0 Å². The minimum absolute atomic E-state index is 0.279. The lowest BCUT2D eigenvalue weighted by atomic mass is 10.3. The lowest BCUT2D eigenvalue weighted by Crippen LogP contribution is -2.14. The highest BCUT2D eigenvalue weighted by Crippen LogP contribution is 2.16. The number of nitrogens with one attached hydrogen (secondary N) is 1. The average Bonchev–Trinajstić information content (AvgIpc) is 2.82. The first-order valence-corrected chi connectivity index (χ1v) is 4.29. The van der Waals surface area contributed by atoms with Gasteiger partial charge < -0.3 is 15.5 Å². The number of carbonyl (C=O) groups is 1. The summed E-state index contributed by atoms with van der Waals surface area (Å²) >= 11 is 0. The number of nitrogen functional groups attached to an aromatic ring is 1. The van der Waals surface area contributed by atoms with Gasteiger partial charge in [0.1, 0.15) is 6.26 Å². The predicted molar refractivity (Wildman–Crippen MR) is 54.3 cm³/mol. The second-order valence-corrected chi connectivity index (χ2v) is 3.04. The van der Waals surface area contributed by atoms with Crippen molar-refractivity contribution in [3.05, 3.63) is 30.4 Å². The maximum atomic E-state index is 11.6. The summed E-state index contributed by atoms with van der Waals surface area (Å²) in [6, 6.07) is 1.57. The van der Waals surface area contributed by atoms with E-state index in [4.69, 9.17) is 10.2 Å². The van der Waals surface area contributed by atoms with Crippen molar-refractivity contribution >= 4 is 17.4 Å². The van der Waals surface area contributed by atoms with E-state index in [9.17, 15) is 4.79 Å². The fourth-order valence-corrected chi connectivity index (χ4v) is 1.18. The predicted octanol–water partition coefficient (Wildman–Crippen LogP) is 0.848. The Balaban J connectivity index is 2.20. The number of aromatic nitrogens is 2. The molecule has 0 aliphatic rings. The van der Waals surface area contributed by atoms with Crippen molar-refractivity contribution in [2.24, 2.45) is 7.05 Å². The third-order valence-electron chi connectivity index (χ3n) is 1.98. The molecule has 2 aromatic rings. The molecule has 0 saturated carbocycles. The first kappa shape index (κ1) is 9.32. The summed E-state index contributed by atoms with van der Waals surface area (Å²) in [4.78, 5) is 11.6. The Morgan fingerprint density at radius 1 is 1.67 bits per heavy atom. The third-order valence-corrected chi connectivity index (χ3v) is 1.98. The van der Waals surface area contributed by atoms with Gasteiger partial charge in [0.2, 0.25) is 0 Å². The zero-order valence-corrected chi connectivity index (χ0v) is 8.10. The van der Waals surface area contributed by atoms with Gasteiger partial charge in [-0.25, -0.2) is 0 Å². The van der Waals surface area contributed by atoms with E-state index in [1.165, 1.54) is 23.4 Å². The Hall–Kier alpha value is -2.24. The molecule has 0 bridgehead atoms. The molecular formula is C9H10N4O2. The summed E-state index contributed by atoms with van der Waals surface area (Å²) in [5.41, 5.74) is 6.49. The van der Waals surface area contributed by atoms with E-state index in [0.29, 0.717) is 17.1 Å². The molecule has 0 fully saturated rings. The van der Waals surface area contributed by atoms with Crippen molar-refractivity contribution in [2.45, 2.75) is 0 Å². The maximum Gasteiger partial charge on any atom is 0.260 e. The zero-order chi connectivity index (χ0) is 10.8. The Morgan fingerprint density at radius 3 is 3.00 bits per heavy atom. The molecular weight excluding hydrogens is 196 g/mol. The number of nitrogens with zero attached hydrogens (tertiary/aromatic N) is 2. The first-order chi connectivity index (χ1) is 7.18. The smallest absolute Gasteiger partial charge is 0.260 e. The molecule has 0 aliphatic carbocycles. The molecule has 0 aliphatic heterocycles. The highest BCUT2D eigenvalue weighted by Gasteiger charge is 2.11. The van der Waals surface area contributed by atoms with E-state index < -0.39 is 0 Å². The molecule has 6 heteroatoms. The van der Waals surface area contributed by atoms with E-state index in [2.05, 4.69) is 10.4 Å². The number of nitrogens with two attached hydrogens (primary N) is 1. The van der Waals surface area contributed by atoms with Crippen molar-refractivity contribution in [3.63, 3.8) is 0 Å². The number of amides is 1. The number of carbonyl (C=O) groups excluding carboxylic acids is 1. The van der Waals surface area contributed by atoms with Gasteiger partial charge in [0.15, 0.2) is 5.82 Å². The number of anilines is 2. The van der Waals surface area contributed by atoms with Crippen LogP contribution in [-0.4, -0.2) is 15.7 Å². The molecule has 2 heterocycles. The lowest BCUT2D eigenvalue weighted by Gasteiger charge is -2.04. The van der Waals surface area contributed by atoms with Crippen LogP contribution in [0.5, 0.6) is 0 Å². The van der Waals surface area contributed by atoms with Gasteiger partial charge in [-0.05, 0) is 6.07 Å². The molecule has 1 amide bonds. The van der Waals surface area contributed by atoms with E-state index in [0.717, 1.165) is 0 Å². The number of hydrogen-bond acceptors (Lipinski definition) is 4. The fourth-order valence-electron chi connectivity index (χ4n) is 1.18. The van der Waals surface area contributed by atoms with Crippen LogP contribution < -0.4 is 11.1 Å². The van der Waals surface area contributed by atoms with Gasteiger partial charge in [-0.3, -0.25) is 9.48 Å². The van der Waals surface area contributed by atoms with Gasteiger partial charge >= 0.3 is 0 Å². The van der Waals surface area contributed by atoms with Gasteiger partial charge in [0.25, 0.3) is 5.91 Å². The minimum Gasteiger partial charge on any atom is -0.472 e. The standard InChI is InChI=1S/C9H10N4O2/c1-13-8(7(10)4-11-13)12-9(14)6-2-3-15-5-6/h2-5H,10H2,1H3,(H,12,14). The van der Waals surface area contributed by atoms with Crippen LogP contribution in [-0.2, 0) is 7.05 Å². The summed E-state index contributed by atoms with van der Waals surface area (Å²) in [6.07, 6.45) is 4.27. The van der Waals surface area contributed by atoms with Crippen LogP contribution in [0.1, 0.15) is 10.4 Å². The van der Waals surface area contributed by atoms with Crippen molar-refractivity contribution in [1.29, 1.82) is 0 Å². The molecule has 3 N–H and O–H groups in total. The monoisotopic (exact) mass is 206 g/mol. The first-order valence-electron chi connectivity index (χ1n) is 4.29. The average molecular weight is 206 g/mol. The normalized spacial score (nSPS) is 10.2. The van der Waals surface area contributed by atoms with Crippen LogP contribution >= 0.6 is 0 Å². The van der Waals surface area contributed by atoms with Crippen molar-refractivity contribution in [2.75, 3.05) is 11.1 Å². The molecule has 2 aromatic heterocycles. The van der Waals surface area contributed by atoms with Gasteiger partial charge in [-0.2, -0.15) is 5.10 Å². The van der Waals surface area contributed by atoms with Gasteiger partial charge in [-0.15, -0.1) is 0 Å². The van der Waals surface area contributed by atoms with Crippen LogP contribution in [0, 0.1) is 0 Å². The molecule has 0 radical (unpaired) electrons. The van der Waals surface area contributed by atoms with Crippen molar-refractivity contribution in [3.8, 4) is 0 Å². The van der Waals surface area contributed by atoms with E-state index >= 15 is 0 Å². The second kappa shape index (κ2) is 3.49. The fraction of sp³-hybridized carbons (Fsp3) is 0.111. The SMILES string of the molecule is Cn1ncc(N)c1NC(=O)c1ccoc1. The van der Waals surface area contributed by atoms with Gasteiger partial charge in [-0.1, -0.05) is 0 Å². The van der Waals surface area contributed by atoms with Crippen LogP contribution in [0.4, 0.5) is 11.5 Å². The molecule has 0 saturated heterocycles. The van der Waals surface area contributed by atoms with Crippen LogP contribution in [0.15, 0.2) is 29.2 Å². The van der Waals surface area contributed by atoms with E-state index in [1.807, 2.05) is 0 Å². The van der Waals surface area contributed by atoms with Gasteiger partial charge in [0, 0.05) is 7.05 Å². The van der Waals surface area contributed by atoms with Crippen molar-refractivity contribution < 1.29 is 9.21 Å². The number of rotatable bonds is 2. The molecule has 0 spiro atoms. The van der Waals surface area contributed by atoms with Crippen molar-refractivity contribution in [1.82, 2.24) is 9.78 Å². The largest absolute Gasteiger partial charge is 0.472 e. The molecule has 6 nitrogen and oxygen atoms in total. The molecule has 0 unspecified atom stereocenters. The third kappa shape index (κ3) is 1.69. The lowest BCUT2D eigenvalue weighted by molar-refractivity contribution is 0.102. The zero-order valence-electron chi connectivity index (χ0n) is 8.10. The number of furan rings is 1. The second-order valence-electron chi connectivity index (χ2n) is 3.04. The van der Waals surface area contributed by atoms with Gasteiger partial charge in [0.05, 0.1) is 23.7 Å². The molecule has 78 valence electrons. The highest BCUT2D eigenvalue weighted by molar-refractivity contribution is 6.04. The highest BCUT2D eigenvalue weighted by atomic mass is 16.3. The minimum atomic E-state index is -0.279. The Morgan fingerprint density at radius 2 is 2.47 bits per heavy atom. The molecule has 0 aromatic carbocycles. The maximum absolute atomic E-state index is 11.6. The topological polar surface area (TPSA) is 86.1 Å². The Labute approximate surface area is 85.7 Å². The summed E-state index contributed by atoms with van der Waals surface area (Å²) in [6.45, 7) is 0. The number of hydrogen-bond donors (Lipinski definition) is 2. The summed E-state index contributed by atoms with van der Waals surface area (Å²) in [7, 11) is 1.70. The summed E-state index contributed by atoms with van der Waals surface area (Å²) < 4.78 is 6.29. The summed E-state index contributed by atoms with van der Waals surface area (Å²) in [5.74, 6) is 0.195. The van der Waals surface area contributed by atoms with Crippen LogP contribution in [0.2, 0.25) is 0 Å². The van der Waals surface area contributed by atoms with E-state index in [1.54, 1.807) is 13.1 Å². The Kier molecular flexibility index (Phi) is 2.17. The Bertz CT molecular complexity index is 453. The molecule has 0 atom stereocenters. The van der Waals surface area contributed by atoms with E-state index in [-0.39, 0.29) is 5.91 Å². The number of aryl methyl sites for hydroxylation is 1. The summed E-state index contributed by atoms with van der Waals surface area (Å²) in [5, 5.41) is 6.54. The molecule has 15 heavy (non-hydrogen) atoms. The quantitative estimate of drug-likeness (QED) is 0.762.